The summed E-state index contributed by atoms with van der Waals surface area (Å²) < 4.78 is 12.0. The van der Waals surface area contributed by atoms with Crippen molar-refractivity contribution in [2.45, 2.75) is 57.6 Å². The van der Waals surface area contributed by atoms with E-state index in [0.717, 1.165) is 24.8 Å². The fourth-order valence-electron chi connectivity index (χ4n) is 4.75. The molecule has 9 nitrogen and oxygen atoms in total. The van der Waals surface area contributed by atoms with Crippen molar-refractivity contribution >= 4 is 12.1 Å². The zero-order valence-corrected chi connectivity index (χ0v) is 18.8. The number of aromatic nitrogens is 2. The van der Waals surface area contributed by atoms with Gasteiger partial charge in [-0.25, -0.2) is 14.6 Å². The van der Waals surface area contributed by atoms with E-state index in [1.165, 1.54) is 4.57 Å². The number of ether oxygens (including phenoxy) is 2. The number of fused-ring (bicyclic) bond motifs is 2. The molecule has 1 fully saturated rings. The largest absolute Gasteiger partial charge is 0.501 e. The first-order valence-corrected chi connectivity index (χ1v) is 11.4. The molecule has 4 rings (SSSR count). The summed E-state index contributed by atoms with van der Waals surface area (Å²) in [5.41, 5.74) is -0.485. The molecule has 0 aliphatic carbocycles. The van der Waals surface area contributed by atoms with Gasteiger partial charge in [-0.1, -0.05) is 36.8 Å². The molecule has 1 aromatic carbocycles. The molecule has 1 saturated heterocycles. The molecule has 0 saturated carbocycles. The lowest BCUT2D eigenvalue weighted by Gasteiger charge is -2.41. The predicted octanol–water partition coefficient (Wildman–Crippen LogP) is 2.98. The maximum atomic E-state index is 12.9. The van der Waals surface area contributed by atoms with Crippen LogP contribution in [0.2, 0.25) is 0 Å². The number of hydrogen-bond acceptors (Lipinski definition) is 7. The van der Waals surface area contributed by atoms with Crippen LogP contribution >= 0.6 is 0 Å². The second kappa shape index (κ2) is 9.64. The molecule has 0 atom stereocenters. The van der Waals surface area contributed by atoms with Crippen LogP contribution in [0.5, 0.6) is 5.75 Å². The molecule has 1 spiro atoms. The summed E-state index contributed by atoms with van der Waals surface area (Å²) in [5, 5.41) is 10.3. The maximum Gasteiger partial charge on any atom is 0.410 e. The van der Waals surface area contributed by atoms with Crippen LogP contribution < -0.4 is 5.56 Å². The highest BCUT2D eigenvalue weighted by Crippen LogP contribution is 2.41. The highest BCUT2D eigenvalue weighted by atomic mass is 16.6. The Morgan fingerprint density at radius 1 is 1.06 bits per heavy atom. The van der Waals surface area contributed by atoms with E-state index in [-0.39, 0.29) is 25.0 Å². The molecule has 1 amide bonds. The summed E-state index contributed by atoms with van der Waals surface area (Å²) >= 11 is 0. The van der Waals surface area contributed by atoms with Gasteiger partial charge in [0, 0.05) is 25.0 Å². The van der Waals surface area contributed by atoms with E-state index in [4.69, 9.17) is 9.47 Å². The molecule has 9 heteroatoms. The number of nitrogens with zero attached hydrogens (tertiary/aromatic N) is 3. The Balaban J connectivity index is 1.54. The SMILES string of the molecule is CCOC(=O)c1nc2n(c(=O)c1O)CCCCC21CCN(C(=O)OCc2ccccc2)CC1. The lowest BCUT2D eigenvalue weighted by Crippen LogP contribution is -2.47. The number of esters is 1. The topological polar surface area (TPSA) is 111 Å². The van der Waals surface area contributed by atoms with Crippen molar-refractivity contribution < 1.29 is 24.2 Å². The zero-order valence-electron chi connectivity index (χ0n) is 18.8. The maximum absolute atomic E-state index is 12.9. The fraction of sp³-hybridized carbons (Fsp3) is 0.500. The number of rotatable bonds is 4. The monoisotopic (exact) mass is 455 g/mol. The van der Waals surface area contributed by atoms with Gasteiger partial charge in [-0.05, 0) is 38.2 Å². The number of piperidine rings is 1. The number of aromatic hydroxyl groups is 1. The number of hydrogen-bond donors (Lipinski definition) is 1. The van der Waals surface area contributed by atoms with E-state index >= 15 is 0 Å². The van der Waals surface area contributed by atoms with Crippen LogP contribution in [-0.2, 0) is 28.0 Å². The van der Waals surface area contributed by atoms with Crippen LogP contribution in [0.3, 0.4) is 0 Å². The summed E-state index contributed by atoms with van der Waals surface area (Å²) in [5.74, 6) is -0.976. The summed E-state index contributed by atoms with van der Waals surface area (Å²) in [7, 11) is 0. The molecular formula is C24H29N3O6. The molecule has 0 radical (unpaired) electrons. The number of likely N-dealkylation sites (tertiary alicyclic amines) is 1. The number of benzene rings is 1. The van der Waals surface area contributed by atoms with Gasteiger partial charge in [0.2, 0.25) is 5.75 Å². The van der Waals surface area contributed by atoms with Crippen LogP contribution in [0.4, 0.5) is 4.79 Å². The van der Waals surface area contributed by atoms with Crippen molar-refractivity contribution in [2.75, 3.05) is 19.7 Å². The zero-order chi connectivity index (χ0) is 23.4. The lowest BCUT2D eigenvalue weighted by atomic mass is 9.74. The van der Waals surface area contributed by atoms with Crippen LogP contribution in [0.1, 0.15) is 60.9 Å². The summed E-state index contributed by atoms with van der Waals surface area (Å²) in [6.45, 7) is 3.33. The highest BCUT2D eigenvalue weighted by molar-refractivity contribution is 5.90. The van der Waals surface area contributed by atoms with E-state index in [9.17, 15) is 19.5 Å². The Kier molecular flexibility index (Phi) is 6.67. The molecule has 2 aromatic rings. The molecule has 0 bridgehead atoms. The Morgan fingerprint density at radius 2 is 1.79 bits per heavy atom. The van der Waals surface area contributed by atoms with Crippen molar-refractivity contribution in [3.63, 3.8) is 0 Å². The van der Waals surface area contributed by atoms with E-state index in [0.29, 0.717) is 38.3 Å². The molecule has 2 aliphatic heterocycles. The molecule has 2 aliphatic rings. The van der Waals surface area contributed by atoms with Gasteiger partial charge in [-0.2, -0.15) is 0 Å². The second-order valence-corrected chi connectivity index (χ2v) is 8.57. The average molecular weight is 456 g/mol. The minimum atomic E-state index is -0.808. The number of carbonyl (C=O) groups is 2. The standard InChI is InChI=1S/C24H29N3O6/c1-2-32-21(30)18-19(28)20(29)27-13-7-6-10-24(22(27)25-18)11-14-26(15-12-24)23(31)33-16-17-8-4-3-5-9-17/h3-5,8-9,28H,2,6-7,10-16H2,1H3. The minimum absolute atomic E-state index is 0.115. The highest BCUT2D eigenvalue weighted by Gasteiger charge is 2.43. The van der Waals surface area contributed by atoms with Crippen LogP contribution in [-0.4, -0.2) is 51.3 Å². The van der Waals surface area contributed by atoms with E-state index in [1.807, 2.05) is 30.3 Å². The smallest absolute Gasteiger partial charge is 0.410 e. The first kappa shape index (κ1) is 22.8. The number of amides is 1. The lowest BCUT2D eigenvalue weighted by molar-refractivity contribution is 0.0513. The summed E-state index contributed by atoms with van der Waals surface area (Å²) in [4.78, 5) is 44.0. The van der Waals surface area contributed by atoms with Crippen LogP contribution in [0, 0.1) is 0 Å². The predicted molar refractivity (Wildman–Crippen MR) is 119 cm³/mol. The van der Waals surface area contributed by atoms with Crippen LogP contribution in [0.15, 0.2) is 35.1 Å². The fourth-order valence-corrected chi connectivity index (χ4v) is 4.75. The minimum Gasteiger partial charge on any atom is -0.501 e. The summed E-state index contributed by atoms with van der Waals surface area (Å²) in [6.07, 6.45) is 3.26. The van der Waals surface area contributed by atoms with Crippen molar-refractivity contribution in [3.8, 4) is 5.75 Å². The van der Waals surface area contributed by atoms with Crippen molar-refractivity contribution in [1.82, 2.24) is 14.5 Å². The van der Waals surface area contributed by atoms with E-state index in [2.05, 4.69) is 4.98 Å². The molecule has 1 N–H and O–H groups in total. The van der Waals surface area contributed by atoms with Crippen molar-refractivity contribution in [3.05, 3.63) is 57.8 Å². The van der Waals surface area contributed by atoms with Gasteiger partial charge in [-0.15, -0.1) is 0 Å². The summed E-state index contributed by atoms with van der Waals surface area (Å²) in [6, 6.07) is 9.51. The molecule has 33 heavy (non-hydrogen) atoms. The Bertz CT molecular complexity index is 1070. The average Bonchev–Trinajstić information content (AvgIpc) is 3.00. The quantitative estimate of drug-likeness (QED) is 0.706. The molecule has 3 heterocycles. The first-order valence-electron chi connectivity index (χ1n) is 11.4. The van der Waals surface area contributed by atoms with Gasteiger partial charge >= 0.3 is 12.1 Å². The van der Waals surface area contributed by atoms with Gasteiger partial charge < -0.3 is 19.5 Å². The van der Waals surface area contributed by atoms with E-state index in [1.54, 1.807) is 11.8 Å². The number of carbonyl (C=O) groups excluding carboxylic acids is 2. The Morgan fingerprint density at radius 3 is 2.48 bits per heavy atom. The van der Waals surface area contributed by atoms with Gasteiger partial charge in [0.05, 0.1) is 6.61 Å². The molecule has 176 valence electrons. The van der Waals surface area contributed by atoms with Gasteiger partial charge in [0.1, 0.15) is 12.4 Å². The van der Waals surface area contributed by atoms with Gasteiger partial charge in [0.25, 0.3) is 5.56 Å². The second-order valence-electron chi connectivity index (χ2n) is 8.57. The molecule has 0 unspecified atom stereocenters. The molecular weight excluding hydrogens is 426 g/mol. The Hall–Kier alpha value is -3.36. The van der Waals surface area contributed by atoms with Crippen LogP contribution in [0.25, 0.3) is 0 Å². The normalized spacial score (nSPS) is 17.2. The molecule has 1 aromatic heterocycles. The van der Waals surface area contributed by atoms with Crippen molar-refractivity contribution in [1.29, 1.82) is 0 Å². The van der Waals surface area contributed by atoms with Gasteiger partial charge in [-0.3, -0.25) is 9.36 Å². The third-order valence-corrected chi connectivity index (χ3v) is 6.56. The van der Waals surface area contributed by atoms with Crippen molar-refractivity contribution in [2.24, 2.45) is 0 Å². The third kappa shape index (κ3) is 4.58. The Labute approximate surface area is 192 Å². The van der Waals surface area contributed by atoms with Gasteiger partial charge in [0.15, 0.2) is 5.69 Å². The first-order chi connectivity index (χ1) is 15.9. The third-order valence-electron chi connectivity index (χ3n) is 6.56. The van der Waals surface area contributed by atoms with E-state index < -0.39 is 22.7 Å².